The van der Waals surface area contributed by atoms with Crippen molar-refractivity contribution in [2.75, 3.05) is 6.61 Å². The first-order chi connectivity index (χ1) is 16.8. The number of aromatic nitrogens is 1. The Bertz CT molecular complexity index is 1270. The number of carbonyl (C=O) groups is 1. The Labute approximate surface area is 208 Å². The number of epoxide rings is 1. The summed E-state index contributed by atoms with van der Waals surface area (Å²) in [5.41, 5.74) is 7.16. The van der Waals surface area contributed by atoms with Crippen molar-refractivity contribution in [2.24, 2.45) is 0 Å². The number of carboxylic acid groups (broad SMARTS) is 1. The van der Waals surface area contributed by atoms with Crippen LogP contribution in [0.5, 0.6) is 0 Å². The van der Waals surface area contributed by atoms with Gasteiger partial charge in [0, 0.05) is 28.9 Å². The molecule has 1 saturated heterocycles. The lowest BCUT2D eigenvalue weighted by Gasteiger charge is -2.34. The SMILES string of the molecule is CCC1(C#Cc2ccc(C(CC)(CC)c3ccc(-c4cncc(CC(=O)O)c4)cc3)cc2C)CO1. The number of nitrogens with zero attached hydrogens (tertiary/aromatic N) is 1. The molecule has 1 atom stereocenters. The third-order valence-electron chi connectivity index (χ3n) is 7.40. The summed E-state index contributed by atoms with van der Waals surface area (Å²) in [6.07, 6.45) is 6.25. The number of aryl methyl sites for hydroxylation is 1. The zero-order valence-corrected chi connectivity index (χ0v) is 21.0. The maximum atomic E-state index is 11.1. The lowest BCUT2D eigenvalue weighted by Crippen LogP contribution is -2.26. The third-order valence-corrected chi connectivity index (χ3v) is 7.40. The van der Waals surface area contributed by atoms with E-state index in [0.717, 1.165) is 42.6 Å². The number of rotatable bonds is 8. The molecule has 1 aliphatic rings. The van der Waals surface area contributed by atoms with Gasteiger partial charge in [-0.3, -0.25) is 9.78 Å². The smallest absolute Gasteiger partial charge is 0.307 e. The Hall–Kier alpha value is -3.42. The van der Waals surface area contributed by atoms with Crippen LogP contribution in [0.25, 0.3) is 11.1 Å². The maximum Gasteiger partial charge on any atom is 0.307 e. The van der Waals surface area contributed by atoms with E-state index in [0.29, 0.717) is 5.56 Å². The first-order valence-electron chi connectivity index (χ1n) is 12.4. The zero-order chi connectivity index (χ0) is 25.1. The van der Waals surface area contributed by atoms with E-state index in [9.17, 15) is 4.79 Å². The minimum absolute atomic E-state index is 0.0279. The normalized spacial score (nSPS) is 16.9. The topological polar surface area (TPSA) is 62.7 Å². The van der Waals surface area contributed by atoms with Gasteiger partial charge in [-0.15, -0.1) is 0 Å². The standard InChI is InChI=1S/C31H33NO3/c1-5-30(21-35-30)15-14-24-8-13-28(16-22(24)4)31(6-2,7-3)27-11-9-25(10-12-27)26-17-23(18-29(33)34)19-32-20-26/h8-13,16-17,19-20H,5-7,18,21H2,1-4H3,(H,33,34). The highest BCUT2D eigenvalue weighted by Crippen LogP contribution is 2.40. The van der Waals surface area contributed by atoms with Gasteiger partial charge in [-0.1, -0.05) is 69.0 Å². The molecule has 0 spiro atoms. The van der Waals surface area contributed by atoms with Crippen LogP contribution in [0.4, 0.5) is 0 Å². The summed E-state index contributed by atoms with van der Waals surface area (Å²) >= 11 is 0. The molecule has 0 saturated carbocycles. The second-order valence-electron chi connectivity index (χ2n) is 9.44. The van der Waals surface area contributed by atoms with Crippen LogP contribution in [0, 0.1) is 18.8 Å². The van der Waals surface area contributed by atoms with Gasteiger partial charge in [-0.25, -0.2) is 0 Å². The molecule has 0 radical (unpaired) electrons. The maximum absolute atomic E-state index is 11.1. The molecule has 0 amide bonds. The van der Waals surface area contributed by atoms with Gasteiger partial charge in [0.1, 0.15) is 0 Å². The van der Waals surface area contributed by atoms with E-state index in [4.69, 9.17) is 9.84 Å². The first-order valence-corrected chi connectivity index (χ1v) is 12.4. The number of pyridine rings is 1. The Morgan fingerprint density at radius 2 is 1.71 bits per heavy atom. The minimum Gasteiger partial charge on any atom is -0.481 e. The van der Waals surface area contributed by atoms with E-state index in [-0.39, 0.29) is 17.4 Å². The van der Waals surface area contributed by atoms with Gasteiger partial charge in [-0.05, 0) is 66.1 Å². The highest BCUT2D eigenvalue weighted by molar-refractivity contribution is 5.71. The van der Waals surface area contributed by atoms with Gasteiger partial charge in [0.15, 0.2) is 5.60 Å². The lowest BCUT2D eigenvalue weighted by molar-refractivity contribution is -0.136. The summed E-state index contributed by atoms with van der Waals surface area (Å²) in [7, 11) is 0. The molecular weight excluding hydrogens is 434 g/mol. The van der Waals surface area contributed by atoms with E-state index in [1.165, 1.54) is 16.7 Å². The van der Waals surface area contributed by atoms with E-state index < -0.39 is 5.97 Å². The van der Waals surface area contributed by atoms with Crippen molar-refractivity contribution >= 4 is 5.97 Å². The summed E-state index contributed by atoms with van der Waals surface area (Å²) in [5.74, 6) is 5.81. The highest BCUT2D eigenvalue weighted by Gasteiger charge is 2.41. The van der Waals surface area contributed by atoms with Crippen molar-refractivity contribution in [3.05, 3.63) is 88.7 Å². The van der Waals surface area contributed by atoms with E-state index >= 15 is 0 Å². The molecule has 0 aliphatic carbocycles. The van der Waals surface area contributed by atoms with Crippen LogP contribution in [-0.2, 0) is 21.4 Å². The molecular formula is C31H33NO3. The molecule has 1 fully saturated rings. The van der Waals surface area contributed by atoms with Crippen molar-refractivity contribution in [2.45, 2.75) is 64.4 Å². The van der Waals surface area contributed by atoms with Gasteiger partial charge in [0.05, 0.1) is 13.0 Å². The number of ether oxygens (including phenoxy) is 1. The van der Waals surface area contributed by atoms with Crippen LogP contribution in [0.2, 0.25) is 0 Å². The summed E-state index contributed by atoms with van der Waals surface area (Å²) < 4.78 is 5.54. The number of aliphatic carboxylic acids is 1. The average molecular weight is 468 g/mol. The predicted molar refractivity (Wildman–Crippen MR) is 139 cm³/mol. The van der Waals surface area contributed by atoms with Crippen molar-refractivity contribution < 1.29 is 14.6 Å². The predicted octanol–water partition coefficient (Wildman–Crippen LogP) is 6.32. The second-order valence-corrected chi connectivity index (χ2v) is 9.44. The third kappa shape index (κ3) is 5.16. The monoisotopic (exact) mass is 467 g/mol. The molecule has 180 valence electrons. The molecule has 1 N–H and O–H groups in total. The molecule has 1 aliphatic heterocycles. The van der Waals surface area contributed by atoms with Crippen LogP contribution in [0.1, 0.15) is 67.9 Å². The number of benzene rings is 2. The van der Waals surface area contributed by atoms with Gasteiger partial charge in [-0.2, -0.15) is 0 Å². The Morgan fingerprint density at radius 1 is 1.03 bits per heavy atom. The Morgan fingerprint density at radius 3 is 2.29 bits per heavy atom. The molecule has 2 aromatic carbocycles. The Balaban J connectivity index is 1.64. The molecule has 3 aromatic rings. The van der Waals surface area contributed by atoms with E-state index in [1.54, 1.807) is 12.4 Å². The van der Waals surface area contributed by atoms with Gasteiger partial charge in [0.25, 0.3) is 0 Å². The summed E-state index contributed by atoms with van der Waals surface area (Å²) in [6.45, 7) is 9.47. The van der Waals surface area contributed by atoms with Crippen LogP contribution in [0.3, 0.4) is 0 Å². The Kier molecular flexibility index (Phi) is 7.10. The van der Waals surface area contributed by atoms with Crippen molar-refractivity contribution in [3.8, 4) is 23.0 Å². The molecule has 2 heterocycles. The first kappa shape index (κ1) is 24.7. The molecule has 4 heteroatoms. The van der Waals surface area contributed by atoms with E-state index in [2.05, 4.69) is 87.0 Å². The van der Waals surface area contributed by atoms with Crippen molar-refractivity contribution in [1.29, 1.82) is 0 Å². The largest absolute Gasteiger partial charge is 0.481 e. The van der Waals surface area contributed by atoms with Gasteiger partial charge in [0.2, 0.25) is 0 Å². The van der Waals surface area contributed by atoms with Crippen LogP contribution >= 0.6 is 0 Å². The summed E-state index contributed by atoms with van der Waals surface area (Å²) in [4.78, 5) is 15.3. The molecule has 1 aromatic heterocycles. The molecule has 1 unspecified atom stereocenters. The molecule has 4 rings (SSSR count). The van der Waals surface area contributed by atoms with Crippen LogP contribution in [-0.4, -0.2) is 28.3 Å². The number of hydrogen-bond donors (Lipinski definition) is 1. The average Bonchev–Trinajstić information content (AvgIpc) is 3.65. The number of carboxylic acids is 1. The lowest BCUT2D eigenvalue weighted by atomic mass is 9.70. The fourth-order valence-corrected chi connectivity index (χ4v) is 4.87. The summed E-state index contributed by atoms with van der Waals surface area (Å²) in [6, 6.07) is 17.2. The van der Waals surface area contributed by atoms with Crippen LogP contribution in [0.15, 0.2) is 60.9 Å². The fourth-order valence-electron chi connectivity index (χ4n) is 4.87. The van der Waals surface area contributed by atoms with E-state index in [1.807, 2.05) is 6.07 Å². The number of hydrogen-bond acceptors (Lipinski definition) is 3. The van der Waals surface area contributed by atoms with Crippen molar-refractivity contribution in [1.82, 2.24) is 4.98 Å². The van der Waals surface area contributed by atoms with Gasteiger partial charge >= 0.3 is 5.97 Å². The zero-order valence-electron chi connectivity index (χ0n) is 21.0. The van der Waals surface area contributed by atoms with Crippen molar-refractivity contribution in [3.63, 3.8) is 0 Å². The van der Waals surface area contributed by atoms with Crippen LogP contribution < -0.4 is 0 Å². The highest BCUT2D eigenvalue weighted by atomic mass is 16.6. The summed E-state index contributed by atoms with van der Waals surface area (Å²) in [5, 5.41) is 9.09. The fraction of sp³-hybridized carbons (Fsp3) is 0.355. The second kappa shape index (κ2) is 10.1. The molecule has 4 nitrogen and oxygen atoms in total. The minimum atomic E-state index is -0.854. The molecule has 0 bridgehead atoms. The quantitative estimate of drug-likeness (QED) is 0.311. The van der Waals surface area contributed by atoms with Gasteiger partial charge < -0.3 is 9.84 Å². The molecule has 35 heavy (non-hydrogen) atoms.